The standard InChI is InChI=1S/C20H19ClN2O3/c1-12-16-10-15(21)8-9-17(16)26-18(12)20(25)23(3)11-13-4-6-14(7-5-13)19(24)22-2/h4-10H,11H2,1-3H3,(H,22,24). The zero-order valence-corrected chi connectivity index (χ0v) is 15.6. The molecule has 1 aromatic heterocycles. The molecule has 0 atom stereocenters. The van der Waals surface area contributed by atoms with Gasteiger partial charge in [-0.15, -0.1) is 0 Å². The lowest BCUT2D eigenvalue weighted by atomic mass is 10.1. The Morgan fingerprint density at radius 2 is 1.85 bits per heavy atom. The molecule has 0 saturated heterocycles. The van der Waals surface area contributed by atoms with E-state index in [-0.39, 0.29) is 11.8 Å². The number of benzene rings is 2. The Morgan fingerprint density at radius 3 is 2.50 bits per heavy atom. The first kappa shape index (κ1) is 18.0. The average molecular weight is 371 g/mol. The molecule has 0 unspecified atom stereocenters. The smallest absolute Gasteiger partial charge is 0.289 e. The fourth-order valence-electron chi connectivity index (χ4n) is 2.82. The van der Waals surface area contributed by atoms with E-state index in [9.17, 15) is 9.59 Å². The average Bonchev–Trinajstić information content (AvgIpc) is 2.97. The van der Waals surface area contributed by atoms with E-state index < -0.39 is 0 Å². The highest BCUT2D eigenvalue weighted by Gasteiger charge is 2.21. The Bertz CT molecular complexity index is 977. The van der Waals surface area contributed by atoms with Gasteiger partial charge in [-0.25, -0.2) is 0 Å². The van der Waals surface area contributed by atoms with E-state index in [0.717, 1.165) is 16.5 Å². The highest BCUT2D eigenvalue weighted by Crippen LogP contribution is 2.28. The number of fused-ring (bicyclic) bond motifs is 1. The first-order valence-electron chi connectivity index (χ1n) is 8.16. The second-order valence-electron chi connectivity index (χ2n) is 6.13. The summed E-state index contributed by atoms with van der Waals surface area (Å²) < 4.78 is 5.74. The summed E-state index contributed by atoms with van der Waals surface area (Å²) in [5.41, 5.74) is 2.91. The Balaban J connectivity index is 1.80. The summed E-state index contributed by atoms with van der Waals surface area (Å²) >= 11 is 6.03. The fourth-order valence-corrected chi connectivity index (χ4v) is 2.99. The van der Waals surface area contributed by atoms with Gasteiger partial charge in [0.2, 0.25) is 0 Å². The van der Waals surface area contributed by atoms with Gasteiger partial charge in [0.05, 0.1) is 0 Å². The van der Waals surface area contributed by atoms with Crippen molar-refractivity contribution in [2.75, 3.05) is 14.1 Å². The Hall–Kier alpha value is -2.79. The zero-order valence-electron chi connectivity index (χ0n) is 14.8. The van der Waals surface area contributed by atoms with Crippen LogP contribution in [0, 0.1) is 6.92 Å². The van der Waals surface area contributed by atoms with Crippen LogP contribution in [0.2, 0.25) is 5.02 Å². The third kappa shape index (κ3) is 3.44. The minimum atomic E-state index is -0.204. The summed E-state index contributed by atoms with van der Waals surface area (Å²) in [7, 11) is 3.31. The van der Waals surface area contributed by atoms with Crippen molar-refractivity contribution in [1.82, 2.24) is 10.2 Å². The topological polar surface area (TPSA) is 62.6 Å². The molecule has 6 heteroatoms. The van der Waals surface area contributed by atoms with Crippen LogP contribution in [0.25, 0.3) is 11.0 Å². The van der Waals surface area contributed by atoms with Crippen LogP contribution in [-0.4, -0.2) is 30.8 Å². The number of carbonyl (C=O) groups excluding carboxylic acids is 2. The molecule has 0 saturated carbocycles. The van der Waals surface area contributed by atoms with Gasteiger partial charge in [-0.1, -0.05) is 23.7 Å². The highest BCUT2D eigenvalue weighted by atomic mass is 35.5. The van der Waals surface area contributed by atoms with Crippen LogP contribution in [0.5, 0.6) is 0 Å². The van der Waals surface area contributed by atoms with Gasteiger partial charge < -0.3 is 14.6 Å². The van der Waals surface area contributed by atoms with Crippen molar-refractivity contribution in [1.29, 1.82) is 0 Å². The molecule has 2 aromatic carbocycles. The number of amides is 2. The van der Waals surface area contributed by atoms with Gasteiger partial charge in [0, 0.05) is 42.2 Å². The van der Waals surface area contributed by atoms with Crippen molar-refractivity contribution in [3.05, 3.63) is 69.9 Å². The summed E-state index contributed by atoms with van der Waals surface area (Å²) in [5.74, 6) is -0.0329. The number of furan rings is 1. The lowest BCUT2D eigenvalue weighted by molar-refractivity contribution is 0.0754. The largest absolute Gasteiger partial charge is 0.451 e. The molecule has 0 spiro atoms. The highest BCUT2D eigenvalue weighted by molar-refractivity contribution is 6.31. The third-order valence-corrected chi connectivity index (χ3v) is 4.54. The van der Waals surface area contributed by atoms with Crippen molar-refractivity contribution in [2.24, 2.45) is 0 Å². The van der Waals surface area contributed by atoms with Gasteiger partial charge in [-0.05, 0) is 42.8 Å². The second-order valence-corrected chi connectivity index (χ2v) is 6.57. The molecule has 1 N–H and O–H groups in total. The van der Waals surface area contributed by atoms with Crippen molar-refractivity contribution in [2.45, 2.75) is 13.5 Å². The number of carbonyl (C=O) groups is 2. The number of hydrogen-bond acceptors (Lipinski definition) is 3. The van der Waals surface area contributed by atoms with E-state index >= 15 is 0 Å². The van der Waals surface area contributed by atoms with Gasteiger partial charge in [0.1, 0.15) is 5.58 Å². The molecule has 0 aliphatic carbocycles. The molecule has 134 valence electrons. The maximum Gasteiger partial charge on any atom is 0.289 e. The molecule has 0 aliphatic heterocycles. The molecule has 0 bridgehead atoms. The third-order valence-electron chi connectivity index (χ3n) is 4.30. The number of nitrogens with one attached hydrogen (secondary N) is 1. The van der Waals surface area contributed by atoms with E-state index in [1.807, 2.05) is 19.1 Å². The quantitative estimate of drug-likeness (QED) is 0.754. The molecule has 3 aromatic rings. The maximum absolute atomic E-state index is 12.8. The van der Waals surface area contributed by atoms with Gasteiger partial charge in [0.25, 0.3) is 11.8 Å². The van der Waals surface area contributed by atoms with Gasteiger partial charge >= 0.3 is 0 Å². The molecule has 0 radical (unpaired) electrons. The first-order chi connectivity index (χ1) is 12.4. The summed E-state index contributed by atoms with van der Waals surface area (Å²) in [6.07, 6.45) is 0. The van der Waals surface area contributed by atoms with E-state index in [0.29, 0.717) is 28.5 Å². The van der Waals surface area contributed by atoms with E-state index in [2.05, 4.69) is 5.32 Å². The molecule has 5 nitrogen and oxygen atoms in total. The van der Waals surface area contributed by atoms with Crippen LogP contribution in [0.3, 0.4) is 0 Å². The monoisotopic (exact) mass is 370 g/mol. The summed E-state index contributed by atoms with van der Waals surface area (Å²) in [4.78, 5) is 26.0. The molecule has 2 amide bonds. The van der Waals surface area contributed by atoms with Crippen molar-refractivity contribution in [3.63, 3.8) is 0 Å². The lowest BCUT2D eigenvalue weighted by Gasteiger charge is -2.16. The van der Waals surface area contributed by atoms with Crippen LogP contribution in [-0.2, 0) is 6.54 Å². The van der Waals surface area contributed by atoms with Gasteiger partial charge in [-0.2, -0.15) is 0 Å². The number of hydrogen-bond donors (Lipinski definition) is 1. The van der Waals surface area contributed by atoms with Crippen molar-refractivity contribution >= 4 is 34.4 Å². The second kappa shape index (κ2) is 7.22. The first-order valence-corrected chi connectivity index (χ1v) is 8.53. The summed E-state index contributed by atoms with van der Waals surface area (Å²) in [6, 6.07) is 12.4. The van der Waals surface area contributed by atoms with Gasteiger partial charge in [0.15, 0.2) is 5.76 Å². The van der Waals surface area contributed by atoms with E-state index in [4.69, 9.17) is 16.0 Å². The van der Waals surface area contributed by atoms with Crippen LogP contribution >= 0.6 is 11.6 Å². The molecule has 0 aliphatic rings. The van der Waals surface area contributed by atoms with E-state index in [1.54, 1.807) is 49.3 Å². The molecule has 0 fully saturated rings. The Labute approximate surface area is 156 Å². The zero-order chi connectivity index (χ0) is 18.8. The van der Waals surface area contributed by atoms with Crippen LogP contribution in [0.1, 0.15) is 32.0 Å². The number of aryl methyl sites for hydroxylation is 1. The Morgan fingerprint density at radius 1 is 1.15 bits per heavy atom. The minimum absolute atomic E-state index is 0.141. The number of rotatable bonds is 4. The van der Waals surface area contributed by atoms with Crippen molar-refractivity contribution in [3.8, 4) is 0 Å². The van der Waals surface area contributed by atoms with Crippen LogP contribution < -0.4 is 5.32 Å². The summed E-state index contributed by atoms with van der Waals surface area (Å²) in [6.45, 7) is 2.26. The van der Waals surface area contributed by atoms with Gasteiger partial charge in [-0.3, -0.25) is 9.59 Å². The SMILES string of the molecule is CNC(=O)c1ccc(CN(C)C(=O)c2oc3ccc(Cl)cc3c2C)cc1. The van der Waals surface area contributed by atoms with Crippen LogP contribution in [0.15, 0.2) is 46.9 Å². The predicted molar refractivity (Wildman–Crippen MR) is 102 cm³/mol. The van der Waals surface area contributed by atoms with E-state index in [1.165, 1.54) is 0 Å². The molecule has 26 heavy (non-hydrogen) atoms. The minimum Gasteiger partial charge on any atom is -0.451 e. The Kier molecular flexibility index (Phi) is 5.00. The fraction of sp³-hybridized carbons (Fsp3) is 0.200. The number of nitrogens with zero attached hydrogens (tertiary/aromatic N) is 1. The molecule has 1 heterocycles. The van der Waals surface area contributed by atoms with Crippen LogP contribution in [0.4, 0.5) is 0 Å². The normalized spacial score (nSPS) is 10.8. The molecule has 3 rings (SSSR count). The lowest BCUT2D eigenvalue weighted by Crippen LogP contribution is -2.26. The predicted octanol–water partition coefficient (Wildman–Crippen LogP) is 4.03. The van der Waals surface area contributed by atoms with Crippen molar-refractivity contribution < 1.29 is 14.0 Å². The molecular formula is C20H19ClN2O3. The number of halogens is 1. The summed E-state index contributed by atoms with van der Waals surface area (Å²) in [5, 5.41) is 4.02. The molecular weight excluding hydrogens is 352 g/mol. The maximum atomic E-state index is 12.8.